The minimum absolute atomic E-state index is 0.000773. The van der Waals surface area contributed by atoms with E-state index in [1.807, 2.05) is 78.8 Å². The summed E-state index contributed by atoms with van der Waals surface area (Å²) in [5.41, 5.74) is 24.6. The number of guanidine groups is 1. The number of nitrogens with two attached hydrogens (primary N) is 4. The van der Waals surface area contributed by atoms with Crippen molar-refractivity contribution in [1.29, 1.82) is 0 Å². The quantitative estimate of drug-likeness (QED) is 0.00997. The molecule has 0 spiro atoms. The van der Waals surface area contributed by atoms with Gasteiger partial charge in [0.2, 0.25) is 17.8 Å². The van der Waals surface area contributed by atoms with Gasteiger partial charge >= 0.3 is 30.4 Å². The Bertz CT molecular complexity index is 5960. The first-order valence-corrected chi connectivity index (χ1v) is 57.0. The van der Waals surface area contributed by atoms with Gasteiger partial charge in [-0.2, -0.15) is 15.0 Å². The van der Waals surface area contributed by atoms with Crippen molar-refractivity contribution in [3.8, 4) is 0 Å². The lowest BCUT2D eigenvalue weighted by molar-refractivity contribution is -0.118. The number of nitrogen functional groups attached to an aromatic ring is 3. The highest BCUT2D eigenvalue weighted by atomic mass is 32.2. The second-order valence-electron chi connectivity index (χ2n) is 31.9. The second kappa shape index (κ2) is 61.1. The van der Waals surface area contributed by atoms with Crippen LogP contribution in [0.15, 0.2) is 99.3 Å². The van der Waals surface area contributed by atoms with E-state index in [1.54, 1.807) is 62.7 Å². The molecule has 2 aromatic carbocycles. The summed E-state index contributed by atoms with van der Waals surface area (Å²) < 4.78 is 138. The molecule has 0 saturated heterocycles. The SMILES string of the molecule is CC(C)(C)C(=O)SCCOP(=O)(COCCn1cnc2c(=O)[nH]c(N)nc21)OCCSC(=O)C(C)(C)C.CCC(=O)SCCOP(=O)(COCCn1cnc2c(=O)[nH]c(N)nc21)OCCSC(=O)CC.COC1N=C(N)Nc2c1ncn2CCOCP(=O)(OCCSC(C)=O)OCCSC(C)=O.[C-]#[N+]c1ccc(COP(=O)(COCCn2cnc3c(=O)[nH]c(N)nc32)OCC(CC)OCc2ccccc2)cc1. The summed E-state index contributed by atoms with van der Waals surface area (Å²) in [4.78, 5) is 148. The van der Waals surface area contributed by atoms with E-state index in [9.17, 15) is 61.4 Å². The Labute approximate surface area is 844 Å². The number of carbonyl (C=O) groups is 6. The van der Waals surface area contributed by atoms with E-state index in [0.29, 0.717) is 101 Å². The van der Waals surface area contributed by atoms with Gasteiger partial charge in [0, 0.05) is 105 Å². The fourth-order valence-corrected chi connectivity index (χ4v) is 21.0. The number of rotatable bonds is 57. The van der Waals surface area contributed by atoms with Crippen LogP contribution in [0.3, 0.4) is 0 Å². The molecule has 7 aromatic heterocycles. The van der Waals surface area contributed by atoms with Crippen molar-refractivity contribution in [1.82, 2.24) is 68.1 Å². The number of carbonyl (C=O) groups excluding carboxylic acids is 6. The molecule has 48 nitrogen and oxygen atoms in total. The summed E-state index contributed by atoms with van der Waals surface area (Å²) in [6, 6.07) is 16.6. The predicted molar refractivity (Wildman–Crippen MR) is 549 cm³/mol. The predicted octanol–water partition coefficient (Wildman–Crippen LogP) is 12.4. The number of imidazole rings is 4. The van der Waals surface area contributed by atoms with Crippen molar-refractivity contribution in [2.75, 3.05) is 162 Å². The lowest BCUT2D eigenvalue weighted by atomic mass is 9.99. The first-order chi connectivity index (χ1) is 67.5. The van der Waals surface area contributed by atoms with Crippen molar-refractivity contribution in [2.45, 2.75) is 147 Å². The second-order valence-corrected chi connectivity index (χ2v) is 46.9. The number of H-pyrrole nitrogens is 3. The third kappa shape index (κ3) is 42.8. The first kappa shape index (κ1) is 120. The normalized spacial score (nSPS) is 13.5. The lowest BCUT2D eigenvalue weighted by Gasteiger charge is -2.22. The Morgan fingerprint density at radius 2 is 0.817 bits per heavy atom. The molecule has 10 rings (SSSR count). The fraction of sp³-hybridized carbons (Fsp3) is 0.548. The number of methoxy groups -OCH3 is 1. The Hall–Kier alpha value is -8.66. The highest BCUT2D eigenvalue weighted by molar-refractivity contribution is 8.15. The van der Waals surface area contributed by atoms with Gasteiger partial charge in [-0.3, -0.25) is 76.4 Å². The number of nitrogens with zero attached hydrogens (tertiary/aromatic N) is 13. The van der Waals surface area contributed by atoms with Crippen LogP contribution in [0.1, 0.15) is 118 Å². The zero-order valence-corrected chi connectivity index (χ0v) is 89.2. The number of fused-ring (bicyclic) bond motifs is 4. The molecule has 58 heteroatoms. The van der Waals surface area contributed by atoms with Crippen molar-refractivity contribution in [2.24, 2.45) is 21.6 Å². The number of ether oxygens (including phenoxy) is 6. The molecule has 1 aliphatic rings. The molecule has 9 aromatic rings. The van der Waals surface area contributed by atoms with Crippen LogP contribution in [0, 0.1) is 17.4 Å². The van der Waals surface area contributed by atoms with Gasteiger partial charge in [0.05, 0.1) is 124 Å². The van der Waals surface area contributed by atoms with E-state index >= 15 is 0 Å². The average molecular weight is 2180 g/mol. The van der Waals surface area contributed by atoms with Gasteiger partial charge in [-0.05, 0) is 17.5 Å². The highest BCUT2D eigenvalue weighted by Gasteiger charge is 2.33. The Morgan fingerprint density at radius 3 is 1.17 bits per heavy atom. The van der Waals surface area contributed by atoms with Crippen LogP contribution in [0.2, 0.25) is 0 Å². The Kier molecular flexibility index (Phi) is 51.7. The maximum Gasteiger partial charge on any atom is 0.356 e. The van der Waals surface area contributed by atoms with Crippen molar-refractivity contribution in [3.63, 3.8) is 0 Å². The molecule has 3 atom stereocenters. The number of hydrogen-bond donors (Lipinski definition) is 8. The maximum absolute atomic E-state index is 13.7. The van der Waals surface area contributed by atoms with Crippen LogP contribution < -0.4 is 44.9 Å². The highest BCUT2D eigenvalue weighted by Crippen LogP contribution is 2.52. The molecule has 0 amide bonds. The van der Waals surface area contributed by atoms with Gasteiger partial charge in [0.1, 0.15) is 36.9 Å². The van der Waals surface area contributed by atoms with E-state index in [1.165, 1.54) is 39.9 Å². The first-order valence-electron chi connectivity index (χ1n) is 44.2. The molecule has 0 aliphatic carbocycles. The van der Waals surface area contributed by atoms with E-state index in [0.717, 1.165) is 81.7 Å². The molecule has 0 saturated carbocycles. The standard InChI is InChI=1S/C27H31N6O6P.C22H36N5O7PS2.C18H28N5O7PS2.C17H28N5O7PS2/c1-3-23(37-15-20-7-5-4-6-8-20)17-39-40(35,38-16-21-9-11-22(29-2)12-10-21)19-36-14-13-33-18-30-24-25(33)31-27(28)32-26(24)34;1-21(2,3)18(29)36-11-9-33-35(31,34-10-12-37-19(30)22(4,5)6)14-32-8-7-27-13-24-15-16(27)25-20(23)26-17(15)28;1-3-13(24)32-9-7-29-31(27,30-8-10-33-14(25)4-2)12-28-6-5-23-11-20-15-16(23)21-18(19)22-17(15)26;1-12(23)31-8-6-28-30(25,29-7-9-32-13(2)24)11-27-5-4-22-10-19-14-15(22)20-17(18)21-16(14)26-3/h4-12,18,23H,3,13-17,19H2,1H3,(H3,28,31,32,34);13H,7-12,14H2,1-6H3,(H3,23,25,26,28);11H,3-10,12H2,1-2H3,(H3,19,21,22,26);10,16H,4-9,11H2,1-3H3,(H3,18,20,21). The largest absolute Gasteiger partial charge is 0.371 e. The average Bonchev–Trinajstić information content (AvgIpc) is 1.66. The molecule has 142 heavy (non-hydrogen) atoms. The van der Waals surface area contributed by atoms with Crippen molar-refractivity contribution >= 4 is 200 Å². The van der Waals surface area contributed by atoms with E-state index in [4.69, 9.17) is 94.1 Å². The molecule has 12 N–H and O–H groups in total. The zero-order valence-electron chi connectivity index (χ0n) is 80.8. The summed E-state index contributed by atoms with van der Waals surface area (Å²) in [5.74, 6) is 2.78. The molecule has 3 unspecified atom stereocenters. The van der Waals surface area contributed by atoms with Gasteiger partial charge < -0.3 is 111 Å². The molecular formula is C84H123N21O27P4S6. The minimum Gasteiger partial charge on any atom is -0.371 e. The minimum atomic E-state index is -3.71. The van der Waals surface area contributed by atoms with Gasteiger partial charge in [0.15, 0.2) is 82.1 Å². The smallest absolute Gasteiger partial charge is 0.356 e. The topological polar surface area (TPSA) is 641 Å². The Balaban J connectivity index is 0.000000258. The van der Waals surface area contributed by atoms with Crippen LogP contribution >= 0.6 is 101 Å². The number of aliphatic imine (C=N–C) groups is 1. The molecule has 8 heterocycles. The van der Waals surface area contributed by atoms with Crippen LogP contribution in [0.25, 0.3) is 38.3 Å². The number of hydrogen-bond acceptors (Lipinski definition) is 46. The van der Waals surface area contributed by atoms with Crippen LogP contribution in [0.5, 0.6) is 0 Å². The van der Waals surface area contributed by atoms with E-state index in [2.05, 4.69) is 65.0 Å². The summed E-state index contributed by atoms with van der Waals surface area (Å²) in [6.45, 7) is 28.9. The number of nitrogens with one attached hydrogen (secondary N) is 4. The summed E-state index contributed by atoms with van der Waals surface area (Å²) in [5, 5.41) is 2.86. The lowest BCUT2D eigenvalue weighted by Crippen LogP contribution is -2.30. The van der Waals surface area contributed by atoms with Gasteiger partial charge in [0.25, 0.3) is 16.7 Å². The van der Waals surface area contributed by atoms with E-state index < -0.39 is 64.1 Å². The molecule has 0 radical (unpaired) electrons. The molecule has 782 valence electrons. The number of thioether (sulfide) groups is 6. The molecular weight excluding hydrogens is 2050 g/mol. The summed E-state index contributed by atoms with van der Waals surface area (Å²) in [7, 11) is -13.1. The number of aromatic nitrogens is 14. The maximum atomic E-state index is 13.7. The zero-order chi connectivity index (χ0) is 104. The number of benzene rings is 2. The third-order valence-electron chi connectivity index (χ3n) is 18.6. The Morgan fingerprint density at radius 1 is 0.465 bits per heavy atom. The van der Waals surface area contributed by atoms with Crippen LogP contribution in [-0.2, 0) is 151 Å². The molecule has 0 bridgehead atoms. The molecule has 0 fully saturated rings. The van der Waals surface area contributed by atoms with Crippen molar-refractivity contribution < 1.29 is 112 Å². The monoisotopic (exact) mass is 2170 g/mol. The van der Waals surface area contributed by atoms with Crippen LogP contribution in [-0.4, -0.2) is 251 Å². The van der Waals surface area contributed by atoms with Gasteiger partial charge in [-0.1, -0.05) is 187 Å². The number of anilines is 4. The summed E-state index contributed by atoms with van der Waals surface area (Å²) in [6.07, 6.45) is 5.30. The van der Waals surface area contributed by atoms with E-state index in [-0.39, 0.29) is 201 Å². The van der Waals surface area contributed by atoms with Gasteiger partial charge in [-0.15, -0.1) is 0 Å². The third-order valence-corrected chi connectivity index (χ3v) is 31.1. The fourth-order valence-electron chi connectivity index (χ4n) is 11.4. The number of aromatic amines is 3. The van der Waals surface area contributed by atoms with Crippen LogP contribution in [0.4, 0.5) is 29.4 Å². The summed E-state index contributed by atoms with van der Waals surface area (Å²) >= 11 is 6.54. The molecule has 1 aliphatic heterocycles. The van der Waals surface area contributed by atoms with Crippen molar-refractivity contribution in [3.05, 3.63) is 139 Å². The van der Waals surface area contributed by atoms with Gasteiger partial charge in [-0.25, -0.2) is 29.8 Å².